The number of unbranched alkanes of at least 4 members (excludes halogenated alkanes) is 1. The van der Waals surface area contributed by atoms with Crippen LogP contribution in [0.1, 0.15) is 42.1 Å². The highest BCUT2D eigenvalue weighted by molar-refractivity contribution is 7.84. The lowest BCUT2D eigenvalue weighted by molar-refractivity contribution is 0.0980. The van der Waals surface area contributed by atoms with Crippen LogP contribution < -0.4 is 0 Å². The highest BCUT2D eigenvalue weighted by Crippen LogP contribution is 2.15. The van der Waals surface area contributed by atoms with Crippen LogP contribution in [0.3, 0.4) is 0 Å². The van der Waals surface area contributed by atoms with Crippen LogP contribution >= 0.6 is 0 Å². The molecule has 3 heteroatoms. The molecular weight excluding hydrogens is 244 g/mol. The molecule has 98 valence electrons. The van der Waals surface area contributed by atoms with Gasteiger partial charge in [0.25, 0.3) is 0 Å². The molecule has 0 aromatic heterocycles. The summed E-state index contributed by atoms with van der Waals surface area (Å²) in [5.74, 6) is 1.24. The molecule has 0 bridgehead atoms. The fourth-order valence-corrected chi connectivity index (χ4v) is 2.54. The van der Waals surface area contributed by atoms with Crippen molar-refractivity contribution in [2.75, 3.05) is 5.75 Å². The summed E-state index contributed by atoms with van der Waals surface area (Å²) in [4.78, 5) is 12.1. The summed E-state index contributed by atoms with van der Waals surface area (Å²) in [5, 5.41) is 0. The molecule has 1 aromatic rings. The van der Waals surface area contributed by atoms with Gasteiger partial charge in [-0.3, -0.25) is 9.00 Å². The molecule has 0 N–H and O–H groups in total. The fourth-order valence-electron chi connectivity index (χ4n) is 1.74. The molecule has 2 nitrogen and oxygen atoms in total. The van der Waals surface area contributed by atoms with Gasteiger partial charge in [-0.25, -0.2) is 0 Å². The summed E-state index contributed by atoms with van der Waals surface area (Å²) in [6.07, 6.45) is 4.04. The van der Waals surface area contributed by atoms with E-state index in [0.29, 0.717) is 17.9 Å². The van der Waals surface area contributed by atoms with Gasteiger partial charge >= 0.3 is 0 Å². The Labute approximate surface area is 112 Å². The van der Waals surface area contributed by atoms with E-state index in [4.69, 9.17) is 0 Å². The zero-order valence-corrected chi connectivity index (χ0v) is 11.7. The zero-order valence-electron chi connectivity index (χ0n) is 10.9. The van der Waals surface area contributed by atoms with E-state index in [1.54, 1.807) is 0 Å². The van der Waals surface area contributed by atoms with E-state index in [2.05, 4.69) is 6.58 Å². The molecule has 0 saturated carbocycles. The Morgan fingerprint density at radius 3 is 2.78 bits per heavy atom. The largest absolute Gasteiger partial charge is 0.294 e. The minimum atomic E-state index is -0.881. The van der Waals surface area contributed by atoms with Crippen molar-refractivity contribution in [3.63, 3.8) is 0 Å². The van der Waals surface area contributed by atoms with Gasteiger partial charge in [-0.2, -0.15) is 0 Å². The Bertz CT molecular complexity index is 438. The molecule has 0 aliphatic carbocycles. The van der Waals surface area contributed by atoms with Gasteiger partial charge < -0.3 is 0 Å². The topological polar surface area (TPSA) is 34.1 Å². The summed E-state index contributed by atoms with van der Waals surface area (Å²) in [7, 11) is -0.881. The SMILES string of the molecule is C=CCCCC(=O)c1ccccc1CS(=O)CC. The molecule has 0 aliphatic heterocycles. The van der Waals surface area contributed by atoms with Crippen LogP contribution in [0.15, 0.2) is 36.9 Å². The number of rotatable bonds is 8. The Kier molecular flexibility index (Phi) is 6.58. The van der Waals surface area contributed by atoms with Crippen molar-refractivity contribution in [2.24, 2.45) is 0 Å². The van der Waals surface area contributed by atoms with Gasteiger partial charge in [0.05, 0.1) is 0 Å². The predicted molar refractivity (Wildman–Crippen MR) is 77.2 cm³/mol. The summed E-state index contributed by atoms with van der Waals surface area (Å²) in [6, 6.07) is 7.48. The van der Waals surface area contributed by atoms with Crippen molar-refractivity contribution in [1.29, 1.82) is 0 Å². The highest BCUT2D eigenvalue weighted by atomic mass is 32.2. The average Bonchev–Trinajstić information content (AvgIpc) is 2.39. The van der Waals surface area contributed by atoms with E-state index in [0.717, 1.165) is 24.0 Å². The number of hydrogen-bond acceptors (Lipinski definition) is 2. The van der Waals surface area contributed by atoms with Gasteiger partial charge in [-0.1, -0.05) is 37.3 Å². The van der Waals surface area contributed by atoms with E-state index in [-0.39, 0.29) is 5.78 Å². The second-order valence-corrected chi connectivity index (χ2v) is 5.88. The molecule has 0 heterocycles. The van der Waals surface area contributed by atoms with Crippen molar-refractivity contribution in [1.82, 2.24) is 0 Å². The van der Waals surface area contributed by atoms with Crippen molar-refractivity contribution in [2.45, 2.75) is 31.9 Å². The first-order chi connectivity index (χ1) is 8.69. The van der Waals surface area contributed by atoms with E-state index in [1.165, 1.54) is 0 Å². The van der Waals surface area contributed by atoms with Crippen molar-refractivity contribution in [3.05, 3.63) is 48.0 Å². The van der Waals surface area contributed by atoms with Crippen molar-refractivity contribution in [3.8, 4) is 0 Å². The Hall–Kier alpha value is -1.22. The van der Waals surface area contributed by atoms with Gasteiger partial charge in [-0.05, 0) is 18.4 Å². The third-order valence-electron chi connectivity index (χ3n) is 2.77. The van der Waals surface area contributed by atoms with Crippen LogP contribution in [0.4, 0.5) is 0 Å². The number of allylic oxidation sites excluding steroid dienone is 1. The fraction of sp³-hybridized carbons (Fsp3) is 0.400. The lowest BCUT2D eigenvalue weighted by Crippen LogP contribution is -2.06. The number of benzene rings is 1. The third-order valence-corrected chi connectivity index (χ3v) is 4.05. The molecule has 1 aromatic carbocycles. The van der Waals surface area contributed by atoms with E-state index in [9.17, 15) is 9.00 Å². The molecule has 1 atom stereocenters. The molecule has 0 amide bonds. The first kappa shape index (κ1) is 14.8. The number of carbonyl (C=O) groups is 1. The second kappa shape index (κ2) is 7.98. The van der Waals surface area contributed by atoms with Gasteiger partial charge in [-0.15, -0.1) is 6.58 Å². The maximum absolute atomic E-state index is 12.1. The smallest absolute Gasteiger partial charge is 0.163 e. The molecular formula is C15H20O2S. The summed E-state index contributed by atoms with van der Waals surface area (Å²) in [5.41, 5.74) is 1.63. The van der Waals surface area contributed by atoms with Crippen molar-refractivity contribution >= 4 is 16.6 Å². The summed E-state index contributed by atoms with van der Waals surface area (Å²) >= 11 is 0. The Morgan fingerprint density at radius 2 is 2.11 bits per heavy atom. The minimum Gasteiger partial charge on any atom is -0.294 e. The molecule has 0 radical (unpaired) electrons. The maximum atomic E-state index is 12.1. The van der Waals surface area contributed by atoms with Crippen molar-refractivity contribution < 1.29 is 9.00 Å². The Balaban J connectivity index is 2.77. The highest BCUT2D eigenvalue weighted by Gasteiger charge is 2.11. The molecule has 0 aliphatic rings. The number of ketones is 1. The lowest BCUT2D eigenvalue weighted by Gasteiger charge is -2.07. The normalized spacial score (nSPS) is 12.1. The third kappa shape index (κ3) is 4.57. The summed E-state index contributed by atoms with van der Waals surface area (Å²) < 4.78 is 11.6. The van der Waals surface area contributed by atoms with Crippen LogP contribution in [0.5, 0.6) is 0 Å². The van der Waals surface area contributed by atoms with Crippen LogP contribution in [-0.4, -0.2) is 15.7 Å². The number of carbonyl (C=O) groups excluding carboxylic acids is 1. The zero-order chi connectivity index (χ0) is 13.4. The van der Waals surface area contributed by atoms with Gasteiger partial charge in [0.1, 0.15) is 0 Å². The van der Waals surface area contributed by atoms with Gasteiger partial charge in [0.2, 0.25) is 0 Å². The molecule has 0 spiro atoms. The predicted octanol–water partition coefficient (Wildman–Crippen LogP) is 3.49. The molecule has 18 heavy (non-hydrogen) atoms. The first-order valence-corrected chi connectivity index (χ1v) is 7.74. The molecule has 0 saturated heterocycles. The molecule has 1 rings (SSSR count). The van der Waals surface area contributed by atoms with Crippen LogP contribution in [0.2, 0.25) is 0 Å². The second-order valence-electron chi connectivity index (χ2n) is 4.13. The van der Waals surface area contributed by atoms with E-state index in [1.807, 2.05) is 37.3 Å². The standard InChI is InChI=1S/C15H20O2S/c1-3-5-6-11-15(16)14-10-8-7-9-13(14)12-18(17)4-2/h3,7-10H,1,4-6,11-12H2,2H3. The Morgan fingerprint density at radius 1 is 1.39 bits per heavy atom. The van der Waals surface area contributed by atoms with Gasteiger partial charge in [0.15, 0.2) is 5.78 Å². The molecule has 1 unspecified atom stereocenters. The quantitative estimate of drug-likeness (QED) is 0.409. The van der Waals surface area contributed by atoms with E-state index < -0.39 is 10.8 Å². The number of hydrogen-bond donors (Lipinski definition) is 0. The van der Waals surface area contributed by atoms with Crippen LogP contribution in [-0.2, 0) is 16.6 Å². The minimum absolute atomic E-state index is 0.139. The van der Waals surface area contributed by atoms with Crippen LogP contribution in [0.25, 0.3) is 0 Å². The lowest BCUT2D eigenvalue weighted by atomic mass is 10.0. The van der Waals surface area contributed by atoms with Gasteiger partial charge in [0, 0.05) is 34.3 Å². The maximum Gasteiger partial charge on any atom is 0.163 e. The van der Waals surface area contributed by atoms with Crippen LogP contribution in [0, 0.1) is 0 Å². The molecule has 0 fully saturated rings. The monoisotopic (exact) mass is 264 g/mol. The number of Topliss-reactive ketones (excluding diaryl/α,β-unsaturated/α-hetero) is 1. The summed E-state index contributed by atoms with van der Waals surface area (Å²) in [6.45, 7) is 5.54. The van der Waals surface area contributed by atoms with E-state index >= 15 is 0 Å². The average molecular weight is 264 g/mol. The first-order valence-electron chi connectivity index (χ1n) is 6.26.